The fraction of sp³-hybridized carbons (Fsp3) is 0.286. The van der Waals surface area contributed by atoms with Crippen LogP contribution in [-0.2, 0) is 17.7 Å². The molecule has 1 heterocycles. The summed E-state index contributed by atoms with van der Waals surface area (Å²) >= 11 is 0. The molecule has 1 aliphatic heterocycles. The van der Waals surface area contributed by atoms with Crippen LogP contribution < -0.4 is 0 Å². The maximum absolute atomic E-state index is 13.8. The number of halogens is 1. The SMILES string of the molecule is C=CCOC(=O)N1CCc2c(C(=O)O)ccc(F)c2C1. The second-order valence-electron chi connectivity index (χ2n) is 4.39. The van der Waals surface area contributed by atoms with E-state index < -0.39 is 17.9 Å². The summed E-state index contributed by atoms with van der Waals surface area (Å²) in [5.41, 5.74) is 0.775. The van der Waals surface area contributed by atoms with Gasteiger partial charge in [0.2, 0.25) is 0 Å². The molecule has 0 saturated heterocycles. The highest BCUT2D eigenvalue weighted by Gasteiger charge is 2.27. The molecule has 1 aromatic rings. The number of hydrogen-bond acceptors (Lipinski definition) is 3. The monoisotopic (exact) mass is 279 g/mol. The predicted octanol–water partition coefficient (Wildman–Crippen LogP) is 2.20. The molecular weight excluding hydrogens is 265 g/mol. The van der Waals surface area contributed by atoms with Gasteiger partial charge in [-0.2, -0.15) is 0 Å². The smallest absolute Gasteiger partial charge is 0.410 e. The number of fused-ring (bicyclic) bond motifs is 1. The van der Waals surface area contributed by atoms with Gasteiger partial charge < -0.3 is 14.7 Å². The lowest BCUT2D eigenvalue weighted by atomic mass is 9.94. The first kappa shape index (κ1) is 14.0. The van der Waals surface area contributed by atoms with Crippen LogP contribution in [0.3, 0.4) is 0 Å². The lowest BCUT2D eigenvalue weighted by Gasteiger charge is -2.29. The van der Waals surface area contributed by atoms with Crippen molar-refractivity contribution in [3.63, 3.8) is 0 Å². The van der Waals surface area contributed by atoms with E-state index in [9.17, 15) is 14.0 Å². The van der Waals surface area contributed by atoms with E-state index >= 15 is 0 Å². The van der Waals surface area contributed by atoms with Gasteiger partial charge in [0, 0.05) is 12.1 Å². The highest BCUT2D eigenvalue weighted by atomic mass is 19.1. The van der Waals surface area contributed by atoms with Gasteiger partial charge in [-0.15, -0.1) is 0 Å². The van der Waals surface area contributed by atoms with Crippen molar-refractivity contribution < 1.29 is 23.8 Å². The maximum atomic E-state index is 13.8. The first-order valence-electron chi connectivity index (χ1n) is 6.10. The third-order valence-corrected chi connectivity index (χ3v) is 3.17. The molecule has 0 spiro atoms. The number of carboxylic acids is 1. The number of hydrogen-bond donors (Lipinski definition) is 1. The van der Waals surface area contributed by atoms with E-state index in [1.54, 1.807) is 0 Å². The Morgan fingerprint density at radius 1 is 1.45 bits per heavy atom. The van der Waals surface area contributed by atoms with Crippen molar-refractivity contribution in [2.75, 3.05) is 13.2 Å². The van der Waals surface area contributed by atoms with Crippen molar-refractivity contribution in [3.8, 4) is 0 Å². The molecular formula is C14H14FNO4. The first-order chi connectivity index (χ1) is 9.54. The number of nitrogens with zero attached hydrogens (tertiary/aromatic N) is 1. The van der Waals surface area contributed by atoms with Gasteiger partial charge in [-0.25, -0.2) is 14.0 Å². The Hall–Kier alpha value is -2.37. The summed E-state index contributed by atoms with van der Waals surface area (Å²) in [7, 11) is 0. The molecule has 0 radical (unpaired) electrons. The molecule has 0 bridgehead atoms. The van der Waals surface area contributed by atoms with E-state index in [4.69, 9.17) is 9.84 Å². The predicted molar refractivity (Wildman–Crippen MR) is 69.0 cm³/mol. The standard InChI is InChI=1S/C14H14FNO4/c1-2-7-20-14(19)16-6-5-9-10(13(17)18)3-4-12(15)11(9)8-16/h2-4H,1,5-8H2,(H,17,18). The lowest BCUT2D eigenvalue weighted by molar-refractivity contribution is 0.0694. The minimum Gasteiger partial charge on any atom is -0.478 e. The summed E-state index contributed by atoms with van der Waals surface area (Å²) in [4.78, 5) is 24.2. The van der Waals surface area contributed by atoms with E-state index in [1.807, 2.05) is 0 Å². The number of benzene rings is 1. The topological polar surface area (TPSA) is 66.8 Å². The van der Waals surface area contributed by atoms with Gasteiger partial charge in [-0.3, -0.25) is 0 Å². The van der Waals surface area contributed by atoms with Gasteiger partial charge in [0.25, 0.3) is 0 Å². The Labute approximate surface area is 115 Å². The van der Waals surface area contributed by atoms with E-state index in [1.165, 1.54) is 17.0 Å². The highest BCUT2D eigenvalue weighted by Crippen LogP contribution is 2.25. The van der Waals surface area contributed by atoms with Crippen LogP contribution in [0.15, 0.2) is 24.8 Å². The van der Waals surface area contributed by atoms with E-state index in [-0.39, 0.29) is 30.7 Å². The minimum absolute atomic E-state index is 0.0122. The normalized spacial score (nSPS) is 13.6. The number of amides is 1. The fourth-order valence-electron chi connectivity index (χ4n) is 2.22. The molecule has 0 saturated carbocycles. The Bertz CT molecular complexity index is 571. The molecule has 6 heteroatoms. The molecule has 1 N–H and O–H groups in total. The average Bonchev–Trinajstić information content (AvgIpc) is 2.44. The van der Waals surface area contributed by atoms with Crippen LogP contribution in [0.4, 0.5) is 9.18 Å². The third-order valence-electron chi connectivity index (χ3n) is 3.17. The summed E-state index contributed by atoms with van der Waals surface area (Å²) in [6.45, 7) is 3.83. The van der Waals surface area contributed by atoms with Crippen LogP contribution >= 0.6 is 0 Å². The fourth-order valence-corrected chi connectivity index (χ4v) is 2.22. The summed E-state index contributed by atoms with van der Waals surface area (Å²) in [5, 5.41) is 9.08. The zero-order valence-corrected chi connectivity index (χ0v) is 10.8. The molecule has 5 nitrogen and oxygen atoms in total. The molecule has 0 aromatic heterocycles. The zero-order chi connectivity index (χ0) is 14.7. The van der Waals surface area contributed by atoms with Crippen molar-refractivity contribution in [1.82, 2.24) is 4.90 Å². The van der Waals surface area contributed by atoms with Crippen molar-refractivity contribution in [2.24, 2.45) is 0 Å². The Morgan fingerprint density at radius 3 is 2.85 bits per heavy atom. The number of aromatic carboxylic acids is 1. The largest absolute Gasteiger partial charge is 0.478 e. The van der Waals surface area contributed by atoms with Crippen LogP contribution in [0, 0.1) is 5.82 Å². The number of ether oxygens (including phenoxy) is 1. The van der Waals surface area contributed by atoms with Crippen molar-refractivity contribution >= 4 is 12.1 Å². The Balaban J connectivity index is 2.26. The number of rotatable bonds is 3. The molecule has 1 aromatic carbocycles. The third kappa shape index (κ3) is 2.64. The van der Waals surface area contributed by atoms with Gasteiger partial charge in [0.05, 0.1) is 12.1 Å². The van der Waals surface area contributed by atoms with Gasteiger partial charge in [-0.05, 0) is 24.1 Å². The van der Waals surface area contributed by atoms with Gasteiger partial charge >= 0.3 is 12.1 Å². The van der Waals surface area contributed by atoms with Crippen LogP contribution in [0.1, 0.15) is 21.5 Å². The molecule has 1 aliphatic rings. The van der Waals surface area contributed by atoms with Crippen LogP contribution in [0.2, 0.25) is 0 Å². The number of carbonyl (C=O) groups is 2. The van der Waals surface area contributed by atoms with E-state index in [0.717, 1.165) is 6.07 Å². The zero-order valence-electron chi connectivity index (χ0n) is 10.8. The molecule has 106 valence electrons. The van der Waals surface area contributed by atoms with Crippen LogP contribution in [0.25, 0.3) is 0 Å². The van der Waals surface area contributed by atoms with Gasteiger partial charge in [-0.1, -0.05) is 12.7 Å². The maximum Gasteiger partial charge on any atom is 0.410 e. The second-order valence-corrected chi connectivity index (χ2v) is 4.39. The Morgan fingerprint density at radius 2 is 2.20 bits per heavy atom. The molecule has 1 amide bonds. The van der Waals surface area contributed by atoms with Crippen molar-refractivity contribution in [3.05, 3.63) is 47.3 Å². The molecule has 0 atom stereocenters. The summed E-state index contributed by atoms with van der Waals surface area (Å²) in [5.74, 6) is -1.60. The molecule has 0 fully saturated rings. The molecule has 0 unspecified atom stereocenters. The summed E-state index contributed by atoms with van der Waals surface area (Å²) in [6, 6.07) is 2.36. The highest BCUT2D eigenvalue weighted by molar-refractivity contribution is 5.90. The quantitative estimate of drug-likeness (QED) is 0.861. The first-order valence-corrected chi connectivity index (χ1v) is 6.10. The summed E-state index contributed by atoms with van der Waals surface area (Å²) in [6.07, 6.45) is 1.17. The number of carbonyl (C=O) groups excluding carboxylic acids is 1. The molecule has 20 heavy (non-hydrogen) atoms. The molecule has 0 aliphatic carbocycles. The van der Waals surface area contributed by atoms with E-state index in [2.05, 4.69) is 6.58 Å². The minimum atomic E-state index is -1.09. The second kappa shape index (κ2) is 5.73. The van der Waals surface area contributed by atoms with Crippen LogP contribution in [0.5, 0.6) is 0 Å². The van der Waals surface area contributed by atoms with Crippen molar-refractivity contribution in [2.45, 2.75) is 13.0 Å². The van der Waals surface area contributed by atoms with Crippen molar-refractivity contribution in [1.29, 1.82) is 0 Å². The molecule has 2 rings (SSSR count). The van der Waals surface area contributed by atoms with Crippen LogP contribution in [-0.4, -0.2) is 35.2 Å². The van der Waals surface area contributed by atoms with E-state index in [0.29, 0.717) is 12.1 Å². The number of carboxylic acid groups (broad SMARTS) is 1. The Kier molecular flexibility index (Phi) is 4.02. The van der Waals surface area contributed by atoms with Gasteiger partial charge in [0.1, 0.15) is 12.4 Å². The lowest BCUT2D eigenvalue weighted by Crippen LogP contribution is -2.37. The average molecular weight is 279 g/mol. The van der Waals surface area contributed by atoms with Gasteiger partial charge in [0.15, 0.2) is 0 Å². The summed E-state index contributed by atoms with van der Waals surface area (Å²) < 4.78 is 18.7.